The molecule has 0 aromatic heterocycles. The predicted molar refractivity (Wildman–Crippen MR) is 234 cm³/mol. The number of rotatable bonds is 38. The third-order valence-electron chi connectivity index (χ3n) is 11.8. The zero-order valence-corrected chi connectivity index (χ0v) is 37.9. The zero-order chi connectivity index (χ0) is 44.5. The van der Waals surface area contributed by atoms with Crippen LogP contribution in [0.1, 0.15) is 181 Å². The van der Waals surface area contributed by atoms with Gasteiger partial charge in [0.2, 0.25) is 0 Å². The summed E-state index contributed by atoms with van der Waals surface area (Å²) in [5.74, 6) is -0.380. The molecule has 2 saturated heterocycles. The highest BCUT2D eigenvalue weighted by molar-refractivity contribution is 5.69. The Hall–Kier alpha value is -1.27. The number of aliphatic hydroxyl groups excluding tert-OH is 7. The van der Waals surface area contributed by atoms with Crippen molar-refractivity contribution in [1.29, 1.82) is 0 Å². The molecule has 11 atom stereocenters. The quantitative estimate of drug-likeness (QED) is 0.0206. The molecule has 0 radical (unpaired) electrons. The summed E-state index contributed by atoms with van der Waals surface area (Å²) in [4.78, 5) is 12.9. The van der Waals surface area contributed by atoms with E-state index in [0.717, 1.165) is 38.5 Å². The van der Waals surface area contributed by atoms with Gasteiger partial charge in [-0.25, -0.2) is 0 Å². The lowest BCUT2D eigenvalue weighted by Crippen LogP contribution is -2.61. The number of carbonyl (C=O) groups excluding carboxylic acids is 1. The van der Waals surface area contributed by atoms with E-state index in [2.05, 4.69) is 26.0 Å². The van der Waals surface area contributed by atoms with Crippen LogP contribution in [-0.2, 0) is 33.2 Å². The predicted octanol–water partition coefficient (Wildman–Crippen LogP) is 6.29. The van der Waals surface area contributed by atoms with Crippen molar-refractivity contribution in [1.82, 2.24) is 0 Å². The number of unbranched alkanes of at least 4 members (excludes halogenated alkanes) is 22. The number of aliphatic hydroxyl groups is 7. The average molecular weight is 877 g/mol. The van der Waals surface area contributed by atoms with Gasteiger partial charge in [0.25, 0.3) is 0 Å². The van der Waals surface area contributed by atoms with E-state index in [1.807, 2.05) is 0 Å². The third-order valence-corrected chi connectivity index (χ3v) is 11.8. The lowest BCUT2D eigenvalue weighted by Gasteiger charge is -2.42. The Morgan fingerprint density at radius 3 is 1.49 bits per heavy atom. The van der Waals surface area contributed by atoms with Crippen LogP contribution in [0.25, 0.3) is 0 Å². The van der Waals surface area contributed by atoms with Crippen LogP contribution in [0.5, 0.6) is 0 Å². The molecule has 14 heteroatoms. The highest BCUT2D eigenvalue weighted by atomic mass is 16.7. The first-order valence-corrected chi connectivity index (χ1v) is 24.3. The van der Waals surface area contributed by atoms with Crippen LogP contribution < -0.4 is 0 Å². The summed E-state index contributed by atoms with van der Waals surface area (Å²) in [6.07, 6.45) is 18.7. The Bertz CT molecular complexity index is 1060. The van der Waals surface area contributed by atoms with Gasteiger partial charge in [-0.05, 0) is 38.5 Å². The van der Waals surface area contributed by atoms with Crippen LogP contribution in [-0.4, -0.2) is 142 Å². The molecule has 7 N–H and O–H groups in total. The summed E-state index contributed by atoms with van der Waals surface area (Å²) < 4.78 is 34.1. The maximum Gasteiger partial charge on any atom is 0.306 e. The Morgan fingerprint density at radius 2 is 0.967 bits per heavy atom. The first kappa shape index (κ1) is 55.9. The van der Waals surface area contributed by atoms with E-state index in [9.17, 15) is 40.5 Å². The normalized spacial score (nSPS) is 27.5. The summed E-state index contributed by atoms with van der Waals surface area (Å²) in [7, 11) is 0. The minimum absolute atomic E-state index is 0.0638. The summed E-state index contributed by atoms with van der Waals surface area (Å²) >= 11 is 0. The van der Waals surface area contributed by atoms with Gasteiger partial charge in [0, 0.05) is 13.0 Å². The second-order valence-corrected chi connectivity index (χ2v) is 17.3. The molecule has 2 aliphatic heterocycles. The van der Waals surface area contributed by atoms with Crippen molar-refractivity contribution in [2.24, 2.45) is 0 Å². The van der Waals surface area contributed by atoms with Crippen LogP contribution in [0.4, 0.5) is 0 Å². The van der Waals surface area contributed by atoms with Gasteiger partial charge in [0.15, 0.2) is 12.6 Å². The first-order valence-electron chi connectivity index (χ1n) is 24.3. The maximum atomic E-state index is 12.9. The van der Waals surface area contributed by atoms with Crippen molar-refractivity contribution in [2.45, 2.75) is 248 Å². The fourth-order valence-electron chi connectivity index (χ4n) is 7.75. The van der Waals surface area contributed by atoms with Gasteiger partial charge in [-0.2, -0.15) is 0 Å². The van der Waals surface area contributed by atoms with Crippen molar-refractivity contribution in [3.63, 3.8) is 0 Å². The van der Waals surface area contributed by atoms with Gasteiger partial charge in [-0.1, -0.05) is 148 Å². The average Bonchev–Trinajstić information content (AvgIpc) is 3.26. The molecule has 0 aromatic rings. The summed E-state index contributed by atoms with van der Waals surface area (Å²) in [5.41, 5.74) is 0. The molecule has 0 spiro atoms. The first-order chi connectivity index (χ1) is 29.6. The van der Waals surface area contributed by atoms with Crippen molar-refractivity contribution in [3.8, 4) is 0 Å². The summed E-state index contributed by atoms with van der Waals surface area (Å²) in [6.45, 7) is 3.65. The number of allylic oxidation sites excluding steroid dienone is 2. The fraction of sp³-hybridized carbons (Fsp3) is 0.936. The number of hydrogen-bond acceptors (Lipinski definition) is 14. The van der Waals surface area contributed by atoms with Gasteiger partial charge in [-0.15, -0.1) is 0 Å². The van der Waals surface area contributed by atoms with Gasteiger partial charge in [0.05, 0.1) is 26.4 Å². The molecule has 0 aliphatic carbocycles. The van der Waals surface area contributed by atoms with E-state index in [0.29, 0.717) is 13.0 Å². The van der Waals surface area contributed by atoms with E-state index >= 15 is 0 Å². The van der Waals surface area contributed by atoms with E-state index in [1.165, 1.54) is 116 Å². The Labute approximate surface area is 367 Å². The van der Waals surface area contributed by atoms with E-state index in [-0.39, 0.29) is 25.6 Å². The van der Waals surface area contributed by atoms with Crippen molar-refractivity contribution in [2.75, 3.05) is 33.0 Å². The molecule has 0 amide bonds. The molecular formula is C47H88O14. The minimum atomic E-state index is -1.70. The summed E-state index contributed by atoms with van der Waals surface area (Å²) in [6, 6.07) is 0. The molecule has 0 bridgehead atoms. The Kier molecular flexibility index (Phi) is 33.0. The Morgan fingerprint density at radius 1 is 0.525 bits per heavy atom. The number of hydrogen-bond donors (Lipinski definition) is 7. The lowest BCUT2D eigenvalue weighted by atomic mass is 9.98. The second-order valence-electron chi connectivity index (χ2n) is 17.3. The zero-order valence-electron chi connectivity index (χ0n) is 37.9. The molecule has 0 aromatic carbocycles. The molecule has 0 saturated carbocycles. The molecule has 61 heavy (non-hydrogen) atoms. The molecule has 2 heterocycles. The van der Waals surface area contributed by atoms with E-state index in [1.54, 1.807) is 0 Å². The molecule has 2 aliphatic rings. The van der Waals surface area contributed by atoms with Gasteiger partial charge in [0.1, 0.15) is 54.9 Å². The highest BCUT2D eigenvalue weighted by Crippen LogP contribution is 2.26. The Balaban J connectivity index is 1.74. The van der Waals surface area contributed by atoms with Crippen molar-refractivity contribution >= 4 is 5.97 Å². The SMILES string of the molecule is CCCCCCCCC/C=C\CCCCCCCCCCOCC(COC1OC(COC2OC(CO)C(O)C(O)C2O)C(O)C(O)C1O)OC(=O)CCCCCCCCCC. The smallest absolute Gasteiger partial charge is 0.306 e. The molecule has 11 unspecified atom stereocenters. The van der Waals surface area contributed by atoms with E-state index in [4.69, 9.17) is 28.4 Å². The van der Waals surface area contributed by atoms with Crippen molar-refractivity contribution < 1.29 is 69.0 Å². The van der Waals surface area contributed by atoms with Gasteiger partial charge < -0.3 is 64.2 Å². The fourth-order valence-corrected chi connectivity index (χ4v) is 7.75. The molecule has 14 nitrogen and oxygen atoms in total. The summed E-state index contributed by atoms with van der Waals surface area (Å²) in [5, 5.41) is 71.9. The standard InChI is InChI=1S/C47H88O14/c1-3-5-7-9-11-13-14-15-16-17-18-19-20-21-22-23-25-27-29-31-56-33-36(59-39(49)30-28-26-24-12-10-8-6-4-2)34-57-46-45(55)43(53)41(51)38(61-46)35-58-47-44(54)42(52)40(50)37(32-48)60-47/h16-17,36-38,40-48,50-55H,3-15,18-35H2,1-2H3/b17-16-. The van der Waals surface area contributed by atoms with E-state index < -0.39 is 80.7 Å². The van der Waals surface area contributed by atoms with Crippen LogP contribution >= 0.6 is 0 Å². The van der Waals surface area contributed by atoms with Crippen LogP contribution in [0.3, 0.4) is 0 Å². The number of carbonyl (C=O) groups is 1. The van der Waals surface area contributed by atoms with Crippen LogP contribution in [0.2, 0.25) is 0 Å². The van der Waals surface area contributed by atoms with Crippen LogP contribution in [0.15, 0.2) is 12.2 Å². The number of esters is 1. The second kappa shape index (κ2) is 36.0. The lowest BCUT2D eigenvalue weighted by molar-refractivity contribution is -0.332. The topological polar surface area (TPSA) is 214 Å². The van der Waals surface area contributed by atoms with Crippen LogP contribution in [0, 0.1) is 0 Å². The molecule has 360 valence electrons. The highest BCUT2D eigenvalue weighted by Gasteiger charge is 2.47. The minimum Gasteiger partial charge on any atom is -0.457 e. The monoisotopic (exact) mass is 877 g/mol. The third kappa shape index (κ3) is 24.6. The molecular weight excluding hydrogens is 789 g/mol. The largest absolute Gasteiger partial charge is 0.457 e. The van der Waals surface area contributed by atoms with Gasteiger partial charge >= 0.3 is 5.97 Å². The number of ether oxygens (including phenoxy) is 6. The maximum absolute atomic E-state index is 12.9. The van der Waals surface area contributed by atoms with Gasteiger partial charge in [-0.3, -0.25) is 4.79 Å². The molecule has 2 fully saturated rings. The molecule has 2 rings (SSSR count). The van der Waals surface area contributed by atoms with Crippen molar-refractivity contribution in [3.05, 3.63) is 12.2 Å².